The van der Waals surface area contributed by atoms with Gasteiger partial charge in [-0.2, -0.15) is 0 Å². The molecular formula is C13H19NO3S. The van der Waals surface area contributed by atoms with Crippen molar-refractivity contribution in [1.29, 1.82) is 0 Å². The number of benzene rings is 1. The summed E-state index contributed by atoms with van der Waals surface area (Å²) in [6.07, 6.45) is 1.05. The van der Waals surface area contributed by atoms with E-state index in [1.54, 1.807) is 18.2 Å². The maximum absolute atomic E-state index is 12.1. The summed E-state index contributed by atoms with van der Waals surface area (Å²) < 4.78 is 26.9. The van der Waals surface area contributed by atoms with E-state index in [4.69, 9.17) is 5.11 Å². The average molecular weight is 269 g/mol. The molecule has 2 rings (SSSR count). The molecule has 0 bridgehead atoms. The summed E-state index contributed by atoms with van der Waals surface area (Å²) in [4.78, 5) is 0.172. The minimum atomic E-state index is -3.52. The van der Waals surface area contributed by atoms with Gasteiger partial charge in [-0.3, -0.25) is 0 Å². The molecule has 100 valence electrons. The molecule has 1 aliphatic carbocycles. The van der Waals surface area contributed by atoms with Crippen LogP contribution >= 0.6 is 0 Å². The summed E-state index contributed by atoms with van der Waals surface area (Å²) in [5.74, 6) is 0.411. The molecule has 5 heteroatoms. The van der Waals surface area contributed by atoms with E-state index < -0.39 is 10.0 Å². The molecule has 0 amide bonds. The molecule has 2 N–H and O–H groups in total. The molecule has 0 aromatic heterocycles. The van der Waals surface area contributed by atoms with Crippen LogP contribution in [0.1, 0.15) is 25.8 Å². The Balaban J connectivity index is 2.11. The molecule has 1 aromatic carbocycles. The van der Waals surface area contributed by atoms with Crippen LogP contribution in [-0.4, -0.2) is 20.1 Å². The number of rotatable bonds is 5. The summed E-state index contributed by atoms with van der Waals surface area (Å²) >= 11 is 0. The van der Waals surface area contributed by atoms with Crippen LogP contribution in [0.4, 0.5) is 0 Å². The predicted octanol–water partition coefficient (Wildman–Crippen LogP) is 1.50. The Bertz CT molecular complexity index is 537. The molecule has 1 saturated carbocycles. The molecule has 0 saturated heterocycles. The van der Waals surface area contributed by atoms with Gasteiger partial charge in [0, 0.05) is 6.54 Å². The Hall–Kier alpha value is -0.910. The van der Waals surface area contributed by atoms with E-state index in [1.165, 1.54) is 6.07 Å². The zero-order valence-electron chi connectivity index (χ0n) is 10.7. The fourth-order valence-corrected chi connectivity index (χ4v) is 3.42. The van der Waals surface area contributed by atoms with Gasteiger partial charge in [0.2, 0.25) is 10.0 Å². The van der Waals surface area contributed by atoms with E-state index in [0.717, 1.165) is 6.42 Å². The first-order valence-electron chi connectivity index (χ1n) is 6.05. The van der Waals surface area contributed by atoms with Gasteiger partial charge in [-0.1, -0.05) is 32.0 Å². The Morgan fingerprint density at radius 3 is 2.56 bits per heavy atom. The van der Waals surface area contributed by atoms with Crippen LogP contribution < -0.4 is 4.72 Å². The van der Waals surface area contributed by atoms with Crippen molar-refractivity contribution >= 4 is 10.0 Å². The lowest BCUT2D eigenvalue weighted by molar-refractivity contribution is 0.278. The van der Waals surface area contributed by atoms with Gasteiger partial charge < -0.3 is 5.11 Å². The highest BCUT2D eigenvalue weighted by atomic mass is 32.2. The largest absolute Gasteiger partial charge is 0.392 e. The third-order valence-corrected chi connectivity index (χ3v) is 5.19. The number of aliphatic hydroxyl groups excluding tert-OH is 1. The molecule has 0 spiro atoms. The zero-order valence-corrected chi connectivity index (χ0v) is 11.5. The second kappa shape index (κ2) is 4.64. The standard InChI is InChI=1S/C13H19NO3S/c1-13(2)7-11(13)8-14-18(16,17)12-6-4-3-5-10(12)9-15/h3-6,11,14-15H,7-9H2,1-2H3. The van der Waals surface area contributed by atoms with Crippen LogP contribution in [0, 0.1) is 11.3 Å². The topological polar surface area (TPSA) is 66.4 Å². The molecule has 4 nitrogen and oxygen atoms in total. The fraction of sp³-hybridized carbons (Fsp3) is 0.538. The molecule has 0 heterocycles. The van der Waals surface area contributed by atoms with Gasteiger partial charge in [-0.15, -0.1) is 0 Å². The second-order valence-corrected chi connectivity index (χ2v) is 7.24. The molecule has 1 aromatic rings. The van der Waals surface area contributed by atoms with Crippen molar-refractivity contribution in [2.75, 3.05) is 6.54 Å². The SMILES string of the molecule is CC1(C)CC1CNS(=O)(=O)c1ccccc1CO. The van der Waals surface area contributed by atoms with Gasteiger partial charge in [0.15, 0.2) is 0 Å². The van der Waals surface area contributed by atoms with Gasteiger partial charge >= 0.3 is 0 Å². The summed E-state index contributed by atoms with van der Waals surface area (Å²) in [5, 5.41) is 9.16. The summed E-state index contributed by atoms with van der Waals surface area (Å²) in [7, 11) is -3.52. The van der Waals surface area contributed by atoms with Gasteiger partial charge in [0.25, 0.3) is 0 Å². The molecular weight excluding hydrogens is 250 g/mol. The first-order valence-corrected chi connectivity index (χ1v) is 7.53. The van der Waals surface area contributed by atoms with E-state index in [1.807, 2.05) is 0 Å². The predicted molar refractivity (Wildman–Crippen MR) is 69.4 cm³/mol. The lowest BCUT2D eigenvalue weighted by Crippen LogP contribution is -2.27. The maximum atomic E-state index is 12.1. The molecule has 1 fully saturated rings. The summed E-state index contributed by atoms with van der Waals surface area (Å²) in [5.41, 5.74) is 0.680. The molecule has 0 radical (unpaired) electrons. The Morgan fingerprint density at radius 1 is 1.39 bits per heavy atom. The number of aliphatic hydroxyl groups is 1. The van der Waals surface area contributed by atoms with Gasteiger partial charge in [-0.05, 0) is 29.4 Å². The van der Waals surface area contributed by atoms with E-state index in [2.05, 4.69) is 18.6 Å². The third-order valence-electron chi connectivity index (χ3n) is 3.67. The van der Waals surface area contributed by atoms with Crippen LogP contribution in [0.15, 0.2) is 29.2 Å². The number of nitrogens with one attached hydrogen (secondary N) is 1. The molecule has 1 aliphatic rings. The van der Waals surface area contributed by atoms with Crippen LogP contribution in [0.3, 0.4) is 0 Å². The zero-order chi connectivity index (χ0) is 13.4. The van der Waals surface area contributed by atoms with Crippen LogP contribution in [0.5, 0.6) is 0 Å². The quantitative estimate of drug-likeness (QED) is 0.851. The van der Waals surface area contributed by atoms with E-state index in [0.29, 0.717) is 18.0 Å². The number of sulfonamides is 1. The van der Waals surface area contributed by atoms with Crippen molar-refractivity contribution < 1.29 is 13.5 Å². The first kappa shape index (κ1) is 13.5. The van der Waals surface area contributed by atoms with Crippen molar-refractivity contribution in [2.45, 2.75) is 31.8 Å². The van der Waals surface area contributed by atoms with Gasteiger partial charge in [-0.25, -0.2) is 13.1 Å². The summed E-state index contributed by atoms with van der Waals surface area (Å²) in [6, 6.07) is 6.52. The monoisotopic (exact) mass is 269 g/mol. The highest BCUT2D eigenvalue weighted by Gasteiger charge is 2.45. The Morgan fingerprint density at radius 2 is 2.00 bits per heavy atom. The molecule has 0 aliphatic heterocycles. The highest BCUT2D eigenvalue weighted by molar-refractivity contribution is 7.89. The molecule has 1 unspecified atom stereocenters. The van der Waals surface area contributed by atoms with Crippen molar-refractivity contribution in [2.24, 2.45) is 11.3 Å². The second-order valence-electron chi connectivity index (χ2n) is 5.51. The van der Waals surface area contributed by atoms with Crippen LogP contribution in [0.2, 0.25) is 0 Å². The first-order chi connectivity index (χ1) is 8.37. The number of hydrogen-bond donors (Lipinski definition) is 2. The van der Waals surface area contributed by atoms with Crippen molar-refractivity contribution in [3.63, 3.8) is 0 Å². The van der Waals surface area contributed by atoms with E-state index >= 15 is 0 Å². The minimum Gasteiger partial charge on any atom is -0.392 e. The molecule has 18 heavy (non-hydrogen) atoms. The van der Waals surface area contributed by atoms with Crippen molar-refractivity contribution in [3.05, 3.63) is 29.8 Å². The van der Waals surface area contributed by atoms with Gasteiger partial charge in [0.05, 0.1) is 11.5 Å². The Kier molecular flexibility index (Phi) is 3.49. The maximum Gasteiger partial charge on any atom is 0.240 e. The third kappa shape index (κ3) is 2.74. The number of hydrogen-bond acceptors (Lipinski definition) is 3. The lowest BCUT2D eigenvalue weighted by Gasteiger charge is -2.10. The minimum absolute atomic E-state index is 0.172. The molecule has 1 atom stereocenters. The van der Waals surface area contributed by atoms with Crippen LogP contribution in [-0.2, 0) is 16.6 Å². The van der Waals surface area contributed by atoms with Crippen molar-refractivity contribution in [3.8, 4) is 0 Å². The normalized spacial score (nSPS) is 21.8. The summed E-state index contributed by atoms with van der Waals surface area (Å²) in [6.45, 7) is 4.46. The van der Waals surface area contributed by atoms with Gasteiger partial charge in [0.1, 0.15) is 0 Å². The van der Waals surface area contributed by atoms with Crippen molar-refractivity contribution in [1.82, 2.24) is 4.72 Å². The fourth-order valence-electron chi connectivity index (χ4n) is 2.11. The van der Waals surface area contributed by atoms with Crippen LogP contribution in [0.25, 0.3) is 0 Å². The van der Waals surface area contributed by atoms with E-state index in [9.17, 15) is 8.42 Å². The smallest absolute Gasteiger partial charge is 0.240 e. The average Bonchev–Trinajstić information content (AvgIpc) is 2.95. The van der Waals surface area contributed by atoms with E-state index in [-0.39, 0.29) is 16.9 Å². The lowest BCUT2D eigenvalue weighted by atomic mass is 10.1. The Labute approximate surface area is 108 Å². The highest BCUT2D eigenvalue weighted by Crippen LogP contribution is 2.51.